The van der Waals surface area contributed by atoms with Crippen molar-refractivity contribution in [3.63, 3.8) is 0 Å². The summed E-state index contributed by atoms with van der Waals surface area (Å²) in [5.41, 5.74) is 7.01. The molecular weight excluding hydrogens is 1380 g/mol. The van der Waals surface area contributed by atoms with E-state index in [0.717, 1.165) is 16.1 Å². The van der Waals surface area contributed by atoms with Crippen molar-refractivity contribution in [2.75, 3.05) is 64.7 Å². The standard InChI is InChI=1S/C76H107N13O16S/c1-11-48(6)66(58(102-9)42-63(94)88-38-18-22-57(88)67(103-10)49(7)68(95)83-56(71-78-37-40-106-71)41-51-19-13-12-14-20-51)87(8)72(98)65(47(4)5)85-73(99)76(34-15-16-35-76)86-75(101)105-43-52-25-30-54(31-26-52)81-69(96)55(21-17-36-79-74(77)100)82-70(97)64(46(2)3)84-60(91)45-104-44-59(90)80-53-28-23-50(24-29-53)27-32-61(92)89-39-33-62(89)93/h12-14,19-20,23-26,28-31,37,40,46-49,55-58,64-67H,11,15-18,21-22,27,32-36,38-39,41-45H2,1-10H3,(H,80,90)(H,81,96)(H,82,97)(H,83,95)(H,84,91)(H,85,99)(H,86,101)(H3,77,79,100). The molecule has 2 aliphatic heterocycles. The molecular formula is C76H107N13O16S. The number of aryl methyl sites for hydroxylation is 1. The number of likely N-dealkylation sites (N-methyl/N-ethyl adjacent to an activating group) is 1. The van der Waals surface area contributed by atoms with E-state index in [9.17, 15) is 57.5 Å². The first-order chi connectivity index (χ1) is 50.6. The number of likely N-dealkylation sites (tertiary alicyclic amines) is 2. The highest BCUT2D eigenvalue weighted by atomic mass is 32.1. The predicted molar refractivity (Wildman–Crippen MR) is 397 cm³/mol. The largest absolute Gasteiger partial charge is 0.445 e. The normalized spacial score (nSPS) is 17.2. The van der Waals surface area contributed by atoms with Crippen LogP contribution in [0.4, 0.5) is 21.0 Å². The summed E-state index contributed by atoms with van der Waals surface area (Å²) in [6.07, 6.45) is 4.83. The summed E-state index contributed by atoms with van der Waals surface area (Å²) >= 11 is 1.47. The van der Waals surface area contributed by atoms with Crippen molar-refractivity contribution in [2.24, 2.45) is 29.4 Å². The third kappa shape index (κ3) is 24.1. The van der Waals surface area contributed by atoms with E-state index in [1.54, 1.807) is 92.5 Å². The van der Waals surface area contributed by atoms with E-state index < -0.39 is 126 Å². The van der Waals surface area contributed by atoms with Crippen molar-refractivity contribution < 1.29 is 76.5 Å². The van der Waals surface area contributed by atoms with Gasteiger partial charge in [0.1, 0.15) is 48.5 Å². The van der Waals surface area contributed by atoms with Crippen molar-refractivity contribution in [1.29, 1.82) is 0 Å². The number of nitrogens with zero attached hydrogens (tertiary/aromatic N) is 4. The van der Waals surface area contributed by atoms with E-state index in [1.807, 2.05) is 70.3 Å². The molecule has 4 aromatic rings. The Hall–Kier alpha value is -9.39. The zero-order valence-corrected chi connectivity index (χ0v) is 63.4. The summed E-state index contributed by atoms with van der Waals surface area (Å²) in [6, 6.07) is 17.4. The molecule has 10 atom stereocenters. The Morgan fingerprint density at radius 3 is 1.98 bits per heavy atom. The maximum Gasteiger partial charge on any atom is 0.408 e. The Balaban J connectivity index is 0.899. The van der Waals surface area contributed by atoms with Crippen LogP contribution < -0.4 is 48.3 Å². The molecule has 1 saturated carbocycles. The summed E-state index contributed by atoms with van der Waals surface area (Å²) in [5, 5.41) is 24.9. The fraction of sp³-hybridized carbons (Fsp3) is 0.566. The first-order valence-electron chi connectivity index (χ1n) is 36.6. The molecule has 0 bridgehead atoms. The first-order valence-corrected chi connectivity index (χ1v) is 37.5. The third-order valence-electron chi connectivity index (χ3n) is 20.0. The fourth-order valence-corrected chi connectivity index (χ4v) is 14.4. The molecule has 10 N–H and O–H groups in total. The lowest BCUT2D eigenvalue weighted by molar-refractivity contribution is -0.152. The molecule has 3 heterocycles. The van der Waals surface area contributed by atoms with Gasteiger partial charge in [-0.1, -0.05) is 122 Å². The number of nitrogens with two attached hydrogens (primary N) is 1. The molecule has 0 radical (unpaired) electrons. The minimum Gasteiger partial charge on any atom is -0.445 e. The summed E-state index contributed by atoms with van der Waals surface area (Å²) in [5.74, 6) is -6.09. The van der Waals surface area contributed by atoms with Crippen molar-refractivity contribution in [3.8, 4) is 0 Å². The number of thiazole rings is 1. The van der Waals surface area contributed by atoms with Gasteiger partial charge in [-0.3, -0.25) is 52.8 Å². The Morgan fingerprint density at radius 2 is 1.39 bits per heavy atom. The van der Waals surface area contributed by atoms with E-state index >= 15 is 0 Å². The number of urea groups is 1. The molecule has 1 aromatic heterocycles. The number of amides is 13. The number of imide groups is 1. The van der Waals surface area contributed by atoms with Crippen molar-refractivity contribution in [2.45, 2.75) is 199 Å². The Labute approximate surface area is 624 Å². The molecule has 3 fully saturated rings. The van der Waals surface area contributed by atoms with Gasteiger partial charge in [0.15, 0.2) is 0 Å². The van der Waals surface area contributed by atoms with Crippen LogP contribution >= 0.6 is 11.3 Å². The maximum atomic E-state index is 14.9. The van der Waals surface area contributed by atoms with Gasteiger partial charge in [-0.25, -0.2) is 14.6 Å². The van der Waals surface area contributed by atoms with Crippen molar-refractivity contribution in [3.05, 3.63) is 112 Å². The molecule has 2 saturated heterocycles. The molecule has 3 aromatic carbocycles. The second-order valence-electron chi connectivity index (χ2n) is 28.3. The van der Waals surface area contributed by atoms with Gasteiger partial charge < -0.3 is 77.0 Å². The van der Waals surface area contributed by atoms with Crippen LogP contribution in [0.25, 0.3) is 0 Å². The lowest BCUT2D eigenvalue weighted by atomic mass is 9.89. The van der Waals surface area contributed by atoms with Crippen LogP contribution in [0, 0.1) is 23.7 Å². The number of nitrogens with one attached hydrogen (secondary N) is 8. The number of ether oxygens (including phenoxy) is 4. The van der Waals surface area contributed by atoms with Gasteiger partial charge in [0.2, 0.25) is 59.1 Å². The number of primary amides is 1. The molecule has 0 spiro atoms. The molecule has 578 valence electrons. The molecule has 30 heteroatoms. The van der Waals surface area contributed by atoms with Crippen LogP contribution in [0.1, 0.15) is 153 Å². The summed E-state index contributed by atoms with van der Waals surface area (Å²) in [7, 11) is 4.73. The fourth-order valence-electron chi connectivity index (χ4n) is 13.7. The number of rotatable bonds is 40. The van der Waals surface area contributed by atoms with E-state index in [4.69, 9.17) is 24.7 Å². The van der Waals surface area contributed by atoms with Crippen molar-refractivity contribution >= 4 is 93.9 Å². The summed E-state index contributed by atoms with van der Waals surface area (Å²) < 4.78 is 23.3. The minimum absolute atomic E-state index is 0.0380. The smallest absolute Gasteiger partial charge is 0.408 e. The quantitative estimate of drug-likeness (QED) is 0.0177. The molecule has 10 unspecified atom stereocenters. The molecule has 29 nitrogen and oxygen atoms in total. The number of β-lactam (4-membered cyclic amide) rings is 1. The Kier molecular flexibility index (Phi) is 32.4. The zero-order chi connectivity index (χ0) is 77.2. The average molecular weight is 1490 g/mol. The first kappa shape index (κ1) is 83.9. The van der Waals surface area contributed by atoms with Crippen LogP contribution in [0.3, 0.4) is 0 Å². The Bertz CT molecular complexity index is 3620. The van der Waals surface area contributed by atoms with Gasteiger partial charge in [-0.05, 0) is 110 Å². The van der Waals surface area contributed by atoms with E-state index in [0.29, 0.717) is 81.4 Å². The molecule has 106 heavy (non-hydrogen) atoms. The van der Waals surface area contributed by atoms with Crippen LogP contribution in [0.2, 0.25) is 0 Å². The lowest BCUT2D eigenvalue weighted by Gasteiger charge is -2.41. The topological polar surface area (TPSA) is 387 Å². The zero-order valence-electron chi connectivity index (χ0n) is 62.5. The summed E-state index contributed by atoms with van der Waals surface area (Å²) in [6.45, 7) is 12.5. The van der Waals surface area contributed by atoms with Crippen molar-refractivity contribution in [1.82, 2.24) is 51.6 Å². The third-order valence-corrected chi connectivity index (χ3v) is 20.9. The number of carbonyl (C=O) groups is 12. The van der Waals surface area contributed by atoms with Crippen LogP contribution in [-0.2, 0) is 86.3 Å². The van der Waals surface area contributed by atoms with Gasteiger partial charge >= 0.3 is 12.1 Å². The monoisotopic (exact) mass is 1490 g/mol. The number of aromatic nitrogens is 1. The van der Waals surface area contributed by atoms with Crippen LogP contribution in [0.5, 0.6) is 0 Å². The number of alkyl carbamates (subject to hydrolysis) is 1. The highest BCUT2D eigenvalue weighted by molar-refractivity contribution is 7.09. The van der Waals surface area contributed by atoms with Gasteiger partial charge in [-0.2, -0.15) is 0 Å². The summed E-state index contributed by atoms with van der Waals surface area (Å²) in [4.78, 5) is 170. The van der Waals surface area contributed by atoms with Crippen LogP contribution in [-0.4, -0.2) is 193 Å². The minimum atomic E-state index is -1.41. The van der Waals surface area contributed by atoms with Gasteiger partial charge in [0, 0.05) is 76.7 Å². The van der Waals surface area contributed by atoms with E-state index in [2.05, 4.69) is 47.5 Å². The second-order valence-corrected chi connectivity index (χ2v) is 29.2. The number of carbonyl (C=O) groups excluding carboxylic acids is 12. The molecule has 7 rings (SSSR count). The molecule has 3 aliphatic rings. The number of hydrogen-bond donors (Lipinski definition) is 9. The maximum absolute atomic E-state index is 14.9. The number of hydrogen-bond acceptors (Lipinski definition) is 18. The van der Waals surface area contributed by atoms with Gasteiger partial charge in [0.05, 0.1) is 42.7 Å². The van der Waals surface area contributed by atoms with E-state index in [-0.39, 0.29) is 87.3 Å². The highest BCUT2D eigenvalue weighted by Crippen LogP contribution is 2.33. The lowest BCUT2D eigenvalue weighted by Crippen LogP contribution is -2.63. The molecule has 13 amide bonds. The number of anilines is 2. The Morgan fingerprint density at radius 1 is 0.726 bits per heavy atom. The predicted octanol–water partition coefficient (Wildman–Crippen LogP) is 6.20. The SMILES string of the molecule is CCC(C)C(C(CC(=O)N1CCCC1C(OC)C(C)C(=O)NC(Cc1ccccc1)c1nccs1)OC)N(C)C(=O)C(NC(=O)C1(NC(=O)OCc2ccc(NC(=O)C(CCCNC(N)=O)NC(=O)C(NC(=O)COCC(=O)Nc3ccc(CCC(=O)N4CCC4=O)cc3)C(C)C)cc2)CCCC1)C(C)C. The van der Waals surface area contributed by atoms with Gasteiger partial charge in [0.25, 0.3) is 0 Å². The van der Waals surface area contributed by atoms with E-state index in [1.165, 1.54) is 23.3 Å². The van der Waals surface area contributed by atoms with Crippen LogP contribution in [0.15, 0.2) is 90.4 Å². The number of benzene rings is 3. The number of methoxy groups -OCH3 is 2. The second kappa shape index (κ2) is 40.9. The molecule has 1 aliphatic carbocycles. The van der Waals surface area contributed by atoms with Gasteiger partial charge in [-0.15, -0.1) is 11.3 Å². The average Bonchev–Trinajstić information content (AvgIpc) is 1.51. The highest BCUT2D eigenvalue weighted by Gasteiger charge is 2.47.